The molecule has 1 amide bonds. The Morgan fingerprint density at radius 3 is 2.67 bits per heavy atom. The van der Waals surface area contributed by atoms with Gasteiger partial charge in [-0.05, 0) is 12.8 Å². The van der Waals surface area contributed by atoms with Crippen LogP contribution in [-0.4, -0.2) is 114 Å². The van der Waals surface area contributed by atoms with E-state index in [4.69, 9.17) is 14.2 Å². The number of rotatable bonds is 10. The van der Waals surface area contributed by atoms with Crippen LogP contribution in [0.25, 0.3) is 0 Å². The van der Waals surface area contributed by atoms with Gasteiger partial charge in [0, 0.05) is 60.0 Å². The molecule has 0 aromatic carbocycles. The highest BCUT2D eigenvalue weighted by Crippen LogP contribution is 2.07. The van der Waals surface area contributed by atoms with Crippen LogP contribution >= 0.6 is 0 Å². The third-order valence-electron chi connectivity index (χ3n) is 4.55. The number of amides is 1. The van der Waals surface area contributed by atoms with E-state index in [9.17, 15) is 4.79 Å². The first-order valence-electron chi connectivity index (χ1n) is 9.87. The van der Waals surface area contributed by atoms with Crippen LogP contribution in [0.3, 0.4) is 0 Å². The fourth-order valence-corrected chi connectivity index (χ4v) is 2.79. The van der Waals surface area contributed by atoms with Crippen molar-refractivity contribution < 1.29 is 19.0 Å². The molecule has 2 rings (SSSR count). The number of nitrogens with zero attached hydrogens (tertiary/aromatic N) is 3. The number of carbonyl (C=O) groups excluding carboxylic acids is 1. The first-order chi connectivity index (χ1) is 13.1. The monoisotopic (exact) mass is 385 g/mol. The Labute approximate surface area is 162 Å². The Bertz CT molecular complexity index is 449. The van der Waals surface area contributed by atoms with E-state index >= 15 is 0 Å². The molecule has 2 aliphatic heterocycles. The molecule has 2 saturated heterocycles. The summed E-state index contributed by atoms with van der Waals surface area (Å²) in [6.45, 7) is 8.29. The summed E-state index contributed by atoms with van der Waals surface area (Å²) in [6, 6.07) is 0. The first-order valence-corrected chi connectivity index (χ1v) is 9.87. The SMILES string of the molecule is CN(C)C(=O)CN=C(NCCCOC1CCOC1)NCCN1CCOCC1. The fraction of sp³-hybridized carbons (Fsp3) is 0.889. The number of morpholine rings is 1. The van der Waals surface area contributed by atoms with Crippen molar-refractivity contribution in [2.24, 2.45) is 4.99 Å². The van der Waals surface area contributed by atoms with Gasteiger partial charge in [-0.2, -0.15) is 0 Å². The van der Waals surface area contributed by atoms with E-state index in [-0.39, 0.29) is 18.6 Å². The van der Waals surface area contributed by atoms with E-state index in [2.05, 4.69) is 20.5 Å². The lowest BCUT2D eigenvalue weighted by Crippen LogP contribution is -2.45. The molecule has 0 bridgehead atoms. The molecule has 9 nitrogen and oxygen atoms in total. The third-order valence-corrected chi connectivity index (χ3v) is 4.55. The average Bonchev–Trinajstić information content (AvgIpc) is 3.19. The van der Waals surface area contributed by atoms with Crippen molar-refractivity contribution in [3.63, 3.8) is 0 Å². The van der Waals surface area contributed by atoms with Crippen LogP contribution in [0.5, 0.6) is 0 Å². The molecule has 2 fully saturated rings. The Balaban J connectivity index is 1.67. The Morgan fingerprint density at radius 1 is 1.19 bits per heavy atom. The standard InChI is InChI=1S/C18H35N5O4/c1-22(2)17(24)14-21-18(20-6-7-23-8-12-25-13-9-23)19-5-3-10-27-16-4-11-26-15-16/h16H,3-15H2,1-2H3,(H2,19,20,21). The average molecular weight is 386 g/mol. The van der Waals surface area contributed by atoms with Crippen molar-refractivity contribution in [1.29, 1.82) is 0 Å². The van der Waals surface area contributed by atoms with Crippen molar-refractivity contribution in [2.75, 3.05) is 86.4 Å². The van der Waals surface area contributed by atoms with Crippen LogP contribution in [-0.2, 0) is 19.0 Å². The van der Waals surface area contributed by atoms with Gasteiger partial charge in [0.05, 0.1) is 25.9 Å². The van der Waals surface area contributed by atoms with E-state index in [1.165, 1.54) is 0 Å². The van der Waals surface area contributed by atoms with Gasteiger partial charge in [0.2, 0.25) is 5.91 Å². The maximum Gasteiger partial charge on any atom is 0.243 e. The van der Waals surface area contributed by atoms with Gasteiger partial charge in [-0.3, -0.25) is 9.69 Å². The number of aliphatic imine (C=N–C) groups is 1. The van der Waals surface area contributed by atoms with Gasteiger partial charge in [0.1, 0.15) is 6.54 Å². The minimum atomic E-state index is -0.0196. The number of nitrogens with one attached hydrogen (secondary N) is 2. The van der Waals surface area contributed by atoms with Crippen molar-refractivity contribution in [3.8, 4) is 0 Å². The molecule has 0 aliphatic carbocycles. The maximum absolute atomic E-state index is 11.8. The predicted molar refractivity (Wildman–Crippen MR) is 104 cm³/mol. The Hall–Kier alpha value is -1.42. The van der Waals surface area contributed by atoms with Crippen molar-refractivity contribution in [2.45, 2.75) is 18.9 Å². The zero-order chi connectivity index (χ0) is 19.3. The summed E-state index contributed by atoms with van der Waals surface area (Å²) in [7, 11) is 3.47. The Morgan fingerprint density at radius 2 is 1.96 bits per heavy atom. The topological polar surface area (TPSA) is 87.7 Å². The van der Waals surface area contributed by atoms with Crippen molar-refractivity contribution in [1.82, 2.24) is 20.4 Å². The van der Waals surface area contributed by atoms with E-state index in [1.54, 1.807) is 19.0 Å². The van der Waals surface area contributed by atoms with Crippen LogP contribution < -0.4 is 10.6 Å². The fourth-order valence-electron chi connectivity index (χ4n) is 2.79. The quantitative estimate of drug-likeness (QED) is 0.287. The van der Waals surface area contributed by atoms with Crippen molar-refractivity contribution >= 4 is 11.9 Å². The van der Waals surface area contributed by atoms with Crippen LogP contribution in [0.15, 0.2) is 4.99 Å². The van der Waals surface area contributed by atoms with Crippen molar-refractivity contribution in [3.05, 3.63) is 0 Å². The van der Waals surface area contributed by atoms with Gasteiger partial charge in [-0.25, -0.2) is 4.99 Å². The first kappa shape index (κ1) is 21.9. The molecule has 2 aliphatic rings. The highest BCUT2D eigenvalue weighted by atomic mass is 16.5. The number of guanidine groups is 1. The summed E-state index contributed by atoms with van der Waals surface area (Å²) >= 11 is 0. The van der Waals surface area contributed by atoms with Gasteiger partial charge < -0.3 is 29.7 Å². The highest BCUT2D eigenvalue weighted by molar-refractivity contribution is 5.84. The van der Waals surface area contributed by atoms with E-state index in [0.717, 1.165) is 65.4 Å². The van der Waals surface area contributed by atoms with Gasteiger partial charge in [0.25, 0.3) is 0 Å². The molecule has 0 saturated carbocycles. The minimum absolute atomic E-state index is 0.0196. The third kappa shape index (κ3) is 9.37. The van der Waals surface area contributed by atoms with Gasteiger partial charge in [-0.15, -0.1) is 0 Å². The molecule has 156 valence electrons. The molecule has 0 radical (unpaired) electrons. The highest BCUT2D eigenvalue weighted by Gasteiger charge is 2.15. The predicted octanol–water partition coefficient (Wildman–Crippen LogP) is -0.862. The lowest BCUT2D eigenvalue weighted by molar-refractivity contribution is -0.127. The molecular formula is C18H35N5O4. The van der Waals surface area contributed by atoms with Gasteiger partial charge in [0.15, 0.2) is 5.96 Å². The van der Waals surface area contributed by atoms with E-state index < -0.39 is 0 Å². The minimum Gasteiger partial charge on any atom is -0.379 e. The number of hydrogen-bond acceptors (Lipinski definition) is 6. The molecule has 0 aromatic rings. The number of ether oxygens (including phenoxy) is 3. The summed E-state index contributed by atoms with van der Waals surface area (Å²) in [5, 5.41) is 6.61. The van der Waals surface area contributed by atoms with Gasteiger partial charge >= 0.3 is 0 Å². The molecule has 0 aromatic heterocycles. The summed E-state index contributed by atoms with van der Waals surface area (Å²) in [4.78, 5) is 20.1. The summed E-state index contributed by atoms with van der Waals surface area (Å²) in [5.74, 6) is 0.650. The van der Waals surface area contributed by atoms with Crippen LogP contribution in [0.4, 0.5) is 0 Å². The second kappa shape index (κ2) is 12.9. The van der Waals surface area contributed by atoms with Gasteiger partial charge in [-0.1, -0.05) is 0 Å². The molecule has 2 heterocycles. The largest absolute Gasteiger partial charge is 0.379 e. The molecule has 1 atom stereocenters. The number of hydrogen-bond donors (Lipinski definition) is 2. The van der Waals surface area contributed by atoms with E-state index in [0.29, 0.717) is 19.2 Å². The molecule has 2 N–H and O–H groups in total. The lowest BCUT2D eigenvalue weighted by atomic mass is 10.3. The number of likely N-dealkylation sites (N-methyl/N-ethyl adjacent to an activating group) is 1. The van der Waals surface area contributed by atoms with Crippen LogP contribution in [0.1, 0.15) is 12.8 Å². The molecule has 0 spiro atoms. The smallest absolute Gasteiger partial charge is 0.243 e. The maximum atomic E-state index is 11.8. The van der Waals surface area contributed by atoms with Crippen LogP contribution in [0, 0.1) is 0 Å². The zero-order valence-electron chi connectivity index (χ0n) is 16.7. The Kier molecular flexibility index (Phi) is 10.4. The normalized spacial score (nSPS) is 21.3. The molecule has 9 heteroatoms. The summed E-state index contributed by atoms with van der Waals surface area (Å²) in [6.07, 6.45) is 2.10. The summed E-state index contributed by atoms with van der Waals surface area (Å²) in [5.41, 5.74) is 0. The zero-order valence-corrected chi connectivity index (χ0v) is 16.7. The van der Waals surface area contributed by atoms with E-state index in [1.807, 2.05) is 0 Å². The molecular weight excluding hydrogens is 350 g/mol. The van der Waals surface area contributed by atoms with Crippen LogP contribution in [0.2, 0.25) is 0 Å². The number of carbonyl (C=O) groups is 1. The molecule has 1 unspecified atom stereocenters. The summed E-state index contributed by atoms with van der Waals surface area (Å²) < 4.78 is 16.4. The second-order valence-electron chi connectivity index (χ2n) is 6.97. The molecule has 27 heavy (non-hydrogen) atoms. The second-order valence-corrected chi connectivity index (χ2v) is 6.97. The lowest BCUT2D eigenvalue weighted by Gasteiger charge is -2.26.